The van der Waals surface area contributed by atoms with E-state index in [0.29, 0.717) is 19.4 Å². The number of carbonyl (C=O) groups is 2. The van der Waals surface area contributed by atoms with Crippen LogP contribution in [0.3, 0.4) is 0 Å². The maximum atomic E-state index is 11.7. The predicted octanol–water partition coefficient (Wildman–Crippen LogP) is 7.80. The molecule has 1 aliphatic rings. The highest BCUT2D eigenvalue weighted by atomic mass is 16.5. The maximum absolute atomic E-state index is 11.7. The van der Waals surface area contributed by atoms with Crippen LogP contribution in [0.5, 0.6) is 0 Å². The number of hydrogen-bond acceptors (Lipinski definition) is 3. The van der Waals surface area contributed by atoms with Crippen molar-refractivity contribution in [3.63, 3.8) is 0 Å². The monoisotopic (exact) mass is 449 g/mol. The molecule has 186 valence electrons. The van der Waals surface area contributed by atoms with E-state index >= 15 is 0 Å². The molecule has 1 atom stereocenters. The summed E-state index contributed by atoms with van der Waals surface area (Å²) >= 11 is 0. The standard InChI is InChI=1S/C28H51NO3/c1-2-3-4-5-6-7-8-9-10-11-12-13-14-15-16-17-18-19-20-21-22-25-32-28(31)26-23-24-27(30)29-26/h20-21,26H,2-19,22-25H2,1H3,(H,29,30)/b21-20+/t26-/m0/s1. The minimum Gasteiger partial charge on any atom is -0.464 e. The fourth-order valence-electron chi connectivity index (χ4n) is 4.34. The Kier molecular flexibility index (Phi) is 19.3. The van der Waals surface area contributed by atoms with Gasteiger partial charge < -0.3 is 10.1 Å². The summed E-state index contributed by atoms with van der Waals surface area (Å²) < 4.78 is 5.21. The van der Waals surface area contributed by atoms with Gasteiger partial charge in [0.25, 0.3) is 0 Å². The third-order valence-corrected chi connectivity index (χ3v) is 6.45. The van der Waals surface area contributed by atoms with Crippen LogP contribution < -0.4 is 5.32 Å². The van der Waals surface area contributed by atoms with E-state index in [0.717, 1.165) is 12.8 Å². The van der Waals surface area contributed by atoms with Crippen molar-refractivity contribution < 1.29 is 14.3 Å². The fourth-order valence-corrected chi connectivity index (χ4v) is 4.34. The van der Waals surface area contributed by atoms with Crippen LogP contribution in [0.15, 0.2) is 12.2 Å². The first-order valence-electron chi connectivity index (χ1n) is 13.8. The van der Waals surface area contributed by atoms with E-state index in [4.69, 9.17) is 4.74 Å². The summed E-state index contributed by atoms with van der Waals surface area (Å²) in [5, 5.41) is 2.64. The lowest BCUT2D eigenvalue weighted by atomic mass is 10.0. The van der Waals surface area contributed by atoms with Gasteiger partial charge in [0.2, 0.25) is 5.91 Å². The molecule has 1 N–H and O–H groups in total. The second-order valence-corrected chi connectivity index (χ2v) is 9.53. The Labute approximate surface area is 198 Å². The van der Waals surface area contributed by atoms with Gasteiger partial charge in [-0.15, -0.1) is 0 Å². The molecular formula is C28H51NO3. The molecule has 1 aliphatic heterocycles. The Balaban J connectivity index is 1.72. The summed E-state index contributed by atoms with van der Waals surface area (Å²) in [6, 6.07) is -0.429. The van der Waals surface area contributed by atoms with Gasteiger partial charge in [-0.2, -0.15) is 0 Å². The van der Waals surface area contributed by atoms with E-state index in [9.17, 15) is 9.59 Å². The molecule has 0 aliphatic carbocycles. The topological polar surface area (TPSA) is 55.4 Å². The van der Waals surface area contributed by atoms with Crippen molar-refractivity contribution in [1.82, 2.24) is 5.32 Å². The third-order valence-electron chi connectivity index (χ3n) is 6.45. The zero-order valence-electron chi connectivity index (χ0n) is 21.0. The van der Waals surface area contributed by atoms with Crippen LogP contribution >= 0.6 is 0 Å². The molecule has 0 radical (unpaired) electrons. The molecule has 1 saturated heterocycles. The van der Waals surface area contributed by atoms with E-state index in [1.165, 1.54) is 109 Å². The van der Waals surface area contributed by atoms with Gasteiger partial charge in [0, 0.05) is 6.42 Å². The van der Waals surface area contributed by atoms with E-state index in [1.54, 1.807) is 0 Å². The molecule has 1 fully saturated rings. The van der Waals surface area contributed by atoms with E-state index < -0.39 is 6.04 Å². The van der Waals surface area contributed by atoms with Crippen molar-refractivity contribution in [3.05, 3.63) is 12.2 Å². The minimum absolute atomic E-state index is 0.0547. The number of allylic oxidation sites excluding steroid dienone is 1. The minimum atomic E-state index is -0.429. The molecular weight excluding hydrogens is 398 g/mol. The lowest BCUT2D eigenvalue weighted by Crippen LogP contribution is -2.34. The van der Waals surface area contributed by atoms with Gasteiger partial charge in [-0.1, -0.05) is 122 Å². The zero-order valence-corrected chi connectivity index (χ0v) is 21.0. The number of nitrogens with one attached hydrogen (secondary N) is 1. The maximum Gasteiger partial charge on any atom is 0.328 e. The normalized spacial score (nSPS) is 16.0. The van der Waals surface area contributed by atoms with Gasteiger partial charge in [0.15, 0.2) is 0 Å². The molecule has 1 rings (SSSR count). The van der Waals surface area contributed by atoms with Crippen LogP contribution in [0.2, 0.25) is 0 Å². The van der Waals surface area contributed by atoms with Crippen molar-refractivity contribution in [2.75, 3.05) is 6.61 Å². The van der Waals surface area contributed by atoms with Gasteiger partial charge in [0.05, 0.1) is 6.61 Å². The summed E-state index contributed by atoms with van der Waals surface area (Å²) in [4.78, 5) is 22.8. The van der Waals surface area contributed by atoms with Crippen LogP contribution in [-0.4, -0.2) is 24.5 Å². The highest BCUT2D eigenvalue weighted by molar-refractivity contribution is 5.87. The van der Waals surface area contributed by atoms with Gasteiger partial charge in [-0.25, -0.2) is 4.79 Å². The summed E-state index contributed by atoms with van der Waals surface area (Å²) in [6.45, 7) is 2.69. The lowest BCUT2D eigenvalue weighted by Gasteiger charge is -2.08. The van der Waals surface area contributed by atoms with Crippen molar-refractivity contribution in [2.24, 2.45) is 0 Å². The molecule has 1 heterocycles. The van der Waals surface area contributed by atoms with Gasteiger partial charge in [-0.3, -0.25) is 4.79 Å². The summed E-state index contributed by atoms with van der Waals surface area (Å²) in [5.41, 5.74) is 0. The Bertz CT molecular complexity index is 489. The van der Waals surface area contributed by atoms with Crippen LogP contribution in [0.4, 0.5) is 0 Å². The Morgan fingerprint density at radius 3 is 1.72 bits per heavy atom. The largest absolute Gasteiger partial charge is 0.464 e. The molecule has 0 unspecified atom stereocenters. The SMILES string of the molecule is CCCCCCCCCCCCCCCCCCC/C=C/CCOC(=O)[C@@H]1CCC(=O)N1. The number of esters is 1. The lowest BCUT2D eigenvalue weighted by molar-refractivity contribution is -0.146. The van der Waals surface area contributed by atoms with E-state index in [2.05, 4.69) is 24.4 Å². The number of ether oxygens (including phenoxy) is 1. The second-order valence-electron chi connectivity index (χ2n) is 9.53. The average Bonchev–Trinajstić information content (AvgIpc) is 3.23. The van der Waals surface area contributed by atoms with Gasteiger partial charge >= 0.3 is 5.97 Å². The summed E-state index contributed by atoms with van der Waals surface area (Å²) in [7, 11) is 0. The van der Waals surface area contributed by atoms with Crippen molar-refractivity contribution >= 4 is 11.9 Å². The van der Waals surface area contributed by atoms with Crippen molar-refractivity contribution in [3.8, 4) is 0 Å². The molecule has 4 nitrogen and oxygen atoms in total. The number of amides is 1. The summed E-state index contributed by atoms with van der Waals surface area (Å²) in [6.07, 6.45) is 31.1. The van der Waals surface area contributed by atoms with E-state index in [-0.39, 0.29) is 11.9 Å². The number of carbonyl (C=O) groups excluding carboxylic acids is 2. The average molecular weight is 450 g/mol. The first-order chi connectivity index (χ1) is 15.7. The van der Waals surface area contributed by atoms with Crippen LogP contribution in [0.25, 0.3) is 0 Å². The molecule has 0 aromatic rings. The Morgan fingerprint density at radius 2 is 1.25 bits per heavy atom. The van der Waals surface area contributed by atoms with Gasteiger partial charge in [0.1, 0.15) is 6.04 Å². The van der Waals surface area contributed by atoms with Crippen LogP contribution in [0, 0.1) is 0 Å². The quantitative estimate of drug-likeness (QED) is 0.104. The number of unbranched alkanes of at least 4 members (excludes halogenated alkanes) is 17. The van der Waals surface area contributed by atoms with Crippen LogP contribution in [-0.2, 0) is 14.3 Å². The van der Waals surface area contributed by atoms with Crippen molar-refractivity contribution in [2.45, 2.75) is 148 Å². The molecule has 0 bridgehead atoms. The second kappa shape index (κ2) is 21.5. The molecule has 32 heavy (non-hydrogen) atoms. The number of rotatable bonds is 22. The zero-order chi connectivity index (χ0) is 23.1. The highest BCUT2D eigenvalue weighted by Crippen LogP contribution is 2.14. The van der Waals surface area contributed by atoms with Crippen LogP contribution in [0.1, 0.15) is 142 Å². The molecule has 4 heteroatoms. The molecule has 0 spiro atoms. The smallest absolute Gasteiger partial charge is 0.328 e. The highest BCUT2D eigenvalue weighted by Gasteiger charge is 2.28. The van der Waals surface area contributed by atoms with Gasteiger partial charge in [-0.05, 0) is 25.7 Å². The Morgan fingerprint density at radius 1 is 0.781 bits per heavy atom. The predicted molar refractivity (Wildman–Crippen MR) is 135 cm³/mol. The molecule has 0 aromatic heterocycles. The molecule has 0 saturated carbocycles. The molecule has 0 aromatic carbocycles. The third kappa shape index (κ3) is 17.3. The van der Waals surface area contributed by atoms with Crippen molar-refractivity contribution in [1.29, 1.82) is 0 Å². The Hall–Kier alpha value is -1.32. The van der Waals surface area contributed by atoms with E-state index in [1.807, 2.05) is 0 Å². The first kappa shape index (κ1) is 28.7. The number of hydrogen-bond donors (Lipinski definition) is 1. The molecule has 1 amide bonds. The first-order valence-corrected chi connectivity index (χ1v) is 13.8. The summed E-state index contributed by atoms with van der Waals surface area (Å²) in [5.74, 6) is -0.349. The fraction of sp³-hybridized carbons (Fsp3) is 0.857.